The van der Waals surface area contributed by atoms with E-state index in [1.807, 2.05) is 19.2 Å². The van der Waals surface area contributed by atoms with Gasteiger partial charge in [0.15, 0.2) is 0 Å². The summed E-state index contributed by atoms with van der Waals surface area (Å²) in [5, 5.41) is 7.98. The minimum atomic E-state index is -2.52. The molecule has 0 atom stereocenters. The van der Waals surface area contributed by atoms with E-state index in [-0.39, 0.29) is 18.9 Å². The van der Waals surface area contributed by atoms with Gasteiger partial charge in [-0.15, -0.1) is 0 Å². The molecule has 0 radical (unpaired) electrons. The molecular formula is C19H25F2N5. The van der Waals surface area contributed by atoms with E-state index >= 15 is 0 Å². The van der Waals surface area contributed by atoms with E-state index in [0.29, 0.717) is 30.5 Å². The summed E-state index contributed by atoms with van der Waals surface area (Å²) in [7, 11) is 0. The van der Waals surface area contributed by atoms with Gasteiger partial charge in [-0.05, 0) is 38.7 Å². The summed E-state index contributed by atoms with van der Waals surface area (Å²) in [6.45, 7) is 1.91. The Bertz CT molecular complexity index is 757. The minimum absolute atomic E-state index is 0.0310. The van der Waals surface area contributed by atoms with E-state index in [2.05, 4.69) is 26.4 Å². The molecule has 2 heterocycles. The third-order valence-electron chi connectivity index (χ3n) is 5.50. The van der Waals surface area contributed by atoms with E-state index in [1.165, 1.54) is 25.7 Å². The Morgan fingerprint density at radius 3 is 2.58 bits per heavy atom. The number of hydrogen-bond donors (Lipinski definition) is 1. The molecule has 2 fully saturated rings. The Kier molecular flexibility index (Phi) is 4.63. The van der Waals surface area contributed by atoms with Crippen LogP contribution in [-0.2, 0) is 0 Å². The standard InChI is InChI=1S/C19H25F2N5/c1-13-12-17(23-15-6-9-19(20,21)10-7-15)24-18(22-13)26-11-8-16(25-26)14-4-2-3-5-14/h8,11-12,14-15H,2-7,9-10H2,1H3,(H,22,23,24). The zero-order valence-corrected chi connectivity index (χ0v) is 15.1. The number of anilines is 1. The van der Waals surface area contributed by atoms with Crippen molar-refractivity contribution in [2.75, 3.05) is 5.32 Å². The van der Waals surface area contributed by atoms with Crippen molar-refractivity contribution in [3.05, 3.63) is 29.7 Å². The average Bonchev–Trinajstić information content (AvgIpc) is 3.27. The van der Waals surface area contributed by atoms with Crippen molar-refractivity contribution in [3.63, 3.8) is 0 Å². The van der Waals surface area contributed by atoms with Gasteiger partial charge in [-0.3, -0.25) is 0 Å². The van der Waals surface area contributed by atoms with Crippen molar-refractivity contribution < 1.29 is 8.78 Å². The zero-order chi connectivity index (χ0) is 18.1. The Morgan fingerprint density at radius 1 is 1.12 bits per heavy atom. The Labute approximate surface area is 152 Å². The first-order chi connectivity index (χ1) is 12.5. The van der Waals surface area contributed by atoms with Gasteiger partial charge in [-0.25, -0.2) is 18.4 Å². The highest BCUT2D eigenvalue weighted by atomic mass is 19.3. The molecule has 0 saturated heterocycles. The number of hydrogen-bond acceptors (Lipinski definition) is 4. The van der Waals surface area contributed by atoms with E-state index < -0.39 is 5.92 Å². The van der Waals surface area contributed by atoms with Crippen LogP contribution in [0.1, 0.15) is 68.7 Å². The largest absolute Gasteiger partial charge is 0.367 e. The van der Waals surface area contributed by atoms with Crippen LogP contribution < -0.4 is 5.32 Å². The molecule has 0 aliphatic heterocycles. The van der Waals surface area contributed by atoms with E-state index in [1.54, 1.807) is 4.68 Å². The molecule has 4 rings (SSSR count). The first-order valence-corrected chi connectivity index (χ1v) is 9.54. The summed E-state index contributed by atoms with van der Waals surface area (Å²) in [5.41, 5.74) is 1.94. The number of rotatable bonds is 4. The molecule has 5 nitrogen and oxygen atoms in total. The van der Waals surface area contributed by atoms with Crippen LogP contribution in [0.25, 0.3) is 5.95 Å². The second kappa shape index (κ2) is 6.93. The highest BCUT2D eigenvalue weighted by molar-refractivity contribution is 5.39. The fraction of sp³-hybridized carbons (Fsp3) is 0.632. The van der Waals surface area contributed by atoms with Crippen molar-refractivity contribution in [2.45, 2.75) is 76.2 Å². The van der Waals surface area contributed by atoms with Crippen LogP contribution in [-0.4, -0.2) is 31.7 Å². The Morgan fingerprint density at radius 2 is 1.85 bits per heavy atom. The maximum Gasteiger partial charge on any atom is 0.252 e. The van der Waals surface area contributed by atoms with E-state index in [0.717, 1.165) is 11.4 Å². The lowest BCUT2D eigenvalue weighted by atomic mass is 9.92. The predicted molar refractivity (Wildman–Crippen MR) is 95.9 cm³/mol. The summed E-state index contributed by atoms with van der Waals surface area (Å²) in [6, 6.07) is 3.94. The molecule has 2 aromatic rings. The van der Waals surface area contributed by atoms with E-state index in [9.17, 15) is 8.78 Å². The molecule has 140 valence electrons. The lowest BCUT2D eigenvalue weighted by Crippen LogP contribution is -2.32. The highest BCUT2D eigenvalue weighted by Gasteiger charge is 2.35. The Hall–Kier alpha value is -2.05. The second-order valence-corrected chi connectivity index (χ2v) is 7.64. The normalized spacial score (nSPS) is 21.2. The van der Waals surface area contributed by atoms with Gasteiger partial charge in [0.2, 0.25) is 5.92 Å². The van der Waals surface area contributed by atoms with Gasteiger partial charge in [0, 0.05) is 42.8 Å². The van der Waals surface area contributed by atoms with Gasteiger partial charge in [-0.2, -0.15) is 10.1 Å². The summed E-state index contributed by atoms with van der Waals surface area (Å²) < 4.78 is 28.4. The second-order valence-electron chi connectivity index (χ2n) is 7.64. The molecule has 2 aliphatic carbocycles. The molecule has 0 unspecified atom stereocenters. The van der Waals surface area contributed by atoms with Gasteiger partial charge in [0.25, 0.3) is 5.95 Å². The number of halogens is 2. The number of nitrogens with zero attached hydrogens (tertiary/aromatic N) is 4. The summed E-state index contributed by atoms with van der Waals surface area (Å²) in [6.07, 6.45) is 7.64. The third kappa shape index (κ3) is 3.86. The molecule has 0 bridgehead atoms. The van der Waals surface area contributed by atoms with Crippen LogP contribution in [0, 0.1) is 6.92 Å². The molecule has 2 aliphatic rings. The molecule has 0 aromatic carbocycles. The van der Waals surface area contributed by atoms with Gasteiger partial charge in [-0.1, -0.05) is 12.8 Å². The number of nitrogens with one attached hydrogen (secondary N) is 1. The van der Waals surface area contributed by atoms with Crippen LogP contribution >= 0.6 is 0 Å². The van der Waals surface area contributed by atoms with E-state index in [4.69, 9.17) is 0 Å². The fourth-order valence-corrected chi connectivity index (χ4v) is 4.01. The summed E-state index contributed by atoms with van der Waals surface area (Å²) >= 11 is 0. The molecular weight excluding hydrogens is 336 g/mol. The molecule has 7 heteroatoms. The lowest BCUT2D eigenvalue weighted by molar-refractivity contribution is -0.0361. The van der Waals surface area contributed by atoms with Crippen molar-refractivity contribution in [2.24, 2.45) is 0 Å². The Balaban J connectivity index is 1.49. The molecule has 2 saturated carbocycles. The SMILES string of the molecule is Cc1cc(NC2CCC(F)(F)CC2)nc(-n2ccc(C3CCCC3)n2)n1. The predicted octanol–water partition coefficient (Wildman–Crippen LogP) is 4.62. The maximum absolute atomic E-state index is 13.3. The van der Waals surface area contributed by atoms with Crippen molar-refractivity contribution in [3.8, 4) is 5.95 Å². The van der Waals surface area contributed by atoms with Crippen LogP contribution in [0.2, 0.25) is 0 Å². The van der Waals surface area contributed by atoms with Crippen molar-refractivity contribution >= 4 is 5.82 Å². The number of alkyl halides is 2. The minimum Gasteiger partial charge on any atom is -0.367 e. The molecule has 0 spiro atoms. The quantitative estimate of drug-likeness (QED) is 0.863. The van der Waals surface area contributed by atoms with Crippen LogP contribution in [0.15, 0.2) is 18.3 Å². The summed E-state index contributed by atoms with van der Waals surface area (Å²) in [4.78, 5) is 9.05. The molecule has 26 heavy (non-hydrogen) atoms. The maximum atomic E-state index is 13.3. The summed E-state index contributed by atoms with van der Waals surface area (Å²) in [5.74, 6) is -0.766. The average molecular weight is 361 g/mol. The molecule has 1 N–H and O–H groups in total. The van der Waals surface area contributed by atoms with Crippen LogP contribution in [0.5, 0.6) is 0 Å². The molecule has 2 aromatic heterocycles. The first-order valence-electron chi connectivity index (χ1n) is 9.54. The zero-order valence-electron chi connectivity index (χ0n) is 15.1. The van der Waals surface area contributed by atoms with Gasteiger partial charge >= 0.3 is 0 Å². The topological polar surface area (TPSA) is 55.6 Å². The van der Waals surface area contributed by atoms with Crippen molar-refractivity contribution in [1.82, 2.24) is 19.7 Å². The first kappa shape index (κ1) is 17.4. The van der Waals surface area contributed by atoms with Crippen LogP contribution in [0.4, 0.5) is 14.6 Å². The monoisotopic (exact) mass is 361 g/mol. The van der Waals surface area contributed by atoms with Crippen LogP contribution in [0.3, 0.4) is 0 Å². The van der Waals surface area contributed by atoms with Gasteiger partial charge in [0.05, 0.1) is 5.69 Å². The van der Waals surface area contributed by atoms with Gasteiger partial charge in [0.1, 0.15) is 5.82 Å². The third-order valence-corrected chi connectivity index (χ3v) is 5.50. The highest BCUT2D eigenvalue weighted by Crippen LogP contribution is 2.34. The molecule has 0 amide bonds. The van der Waals surface area contributed by atoms with Gasteiger partial charge < -0.3 is 5.32 Å². The smallest absolute Gasteiger partial charge is 0.252 e. The van der Waals surface area contributed by atoms with Crippen molar-refractivity contribution in [1.29, 1.82) is 0 Å². The number of aryl methyl sites for hydroxylation is 1. The lowest BCUT2D eigenvalue weighted by Gasteiger charge is -2.29. The fourth-order valence-electron chi connectivity index (χ4n) is 4.01. The number of aromatic nitrogens is 4.